The van der Waals surface area contributed by atoms with Crippen molar-refractivity contribution in [3.05, 3.63) is 173 Å². The van der Waals surface area contributed by atoms with Gasteiger partial charge in [-0.2, -0.15) is 0 Å². The van der Waals surface area contributed by atoms with Gasteiger partial charge in [0.1, 0.15) is 11.5 Å². The van der Waals surface area contributed by atoms with Crippen molar-refractivity contribution in [3.63, 3.8) is 0 Å². The number of aliphatic imine (C=N–C) groups is 1. The van der Waals surface area contributed by atoms with Crippen molar-refractivity contribution in [1.29, 1.82) is 0 Å². The average molecular weight is 757 g/mol. The molecule has 3 aromatic heterocycles. The Bertz CT molecular complexity index is 2820. The zero-order chi connectivity index (χ0) is 37.8. The van der Waals surface area contributed by atoms with Crippen LogP contribution in [-0.4, -0.2) is 27.7 Å². The lowest BCUT2D eigenvalue weighted by atomic mass is 9.57. The third kappa shape index (κ3) is 5.65. The zero-order valence-corrected chi connectivity index (χ0v) is 32.4. The van der Waals surface area contributed by atoms with Gasteiger partial charge >= 0.3 is 0 Å². The number of hydrogen-bond donors (Lipinski definition) is 0. The molecule has 5 heterocycles. The highest BCUT2D eigenvalue weighted by atomic mass is 32.1. The fourth-order valence-electron chi connectivity index (χ4n) is 9.67. The molecule has 0 amide bonds. The quantitative estimate of drug-likeness (QED) is 0.170. The van der Waals surface area contributed by atoms with E-state index in [-0.39, 0.29) is 0 Å². The summed E-state index contributed by atoms with van der Waals surface area (Å²) in [5, 5.41) is 1.32. The van der Waals surface area contributed by atoms with E-state index < -0.39 is 5.41 Å². The van der Waals surface area contributed by atoms with Crippen LogP contribution in [0.1, 0.15) is 53.7 Å². The maximum absolute atomic E-state index is 7.15. The number of allylic oxidation sites excluding steroid dienone is 4. The fraction of sp³-hybridized carbons (Fsp3) is 0.176. The Morgan fingerprint density at radius 1 is 0.719 bits per heavy atom. The molecule has 0 N–H and O–H groups in total. The molecule has 0 fully saturated rings. The van der Waals surface area contributed by atoms with E-state index in [2.05, 4.69) is 144 Å². The molecule has 5 nitrogen and oxygen atoms in total. The highest BCUT2D eigenvalue weighted by molar-refractivity contribution is 7.19. The summed E-state index contributed by atoms with van der Waals surface area (Å²) in [5.74, 6) is 2.89. The minimum atomic E-state index is -0.418. The third-order valence-corrected chi connectivity index (χ3v) is 13.5. The van der Waals surface area contributed by atoms with Crippen LogP contribution in [0.5, 0.6) is 5.75 Å². The first-order valence-electron chi connectivity index (χ1n) is 20.1. The molecule has 4 aliphatic rings. The van der Waals surface area contributed by atoms with Gasteiger partial charge in [0, 0.05) is 61.9 Å². The van der Waals surface area contributed by atoms with E-state index in [4.69, 9.17) is 14.7 Å². The lowest BCUT2D eigenvalue weighted by molar-refractivity contribution is 0.290. The number of aromatic nitrogens is 3. The number of ether oxygens (including phenoxy) is 1. The fourth-order valence-corrected chi connectivity index (χ4v) is 10.9. The largest absolute Gasteiger partial charge is 0.456 e. The Kier molecular flexibility index (Phi) is 8.39. The van der Waals surface area contributed by atoms with Crippen molar-refractivity contribution in [2.24, 2.45) is 10.9 Å². The zero-order valence-electron chi connectivity index (χ0n) is 31.6. The minimum Gasteiger partial charge on any atom is -0.456 e. The number of thiophene rings is 1. The molecule has 2 aliphatic heterocycles. The number of para-hydroxylation sites is 1. The Labute approximate surface area is 336 Å². The summed E-state index contributed by atoms with van der Waals surface area (Å²) >= 11 is 1.91. The molecule has 4 aromatic carbocycles. The van der Waals surface area contributed by atoms with E-state index >= 15 is 0 Å². The van der Waals surface area contributed by atoms with Crippen LogP contribution in [0.4, 0.5) is 0 Å². The third-order valence-electron chi connectivity index (χ3n) is 12.2. The summed E-state index contributed by atoms with van der Waals surface area (Å²) in [4.78, 5) is 21.2. The van der Waals surface area contributed by atoms with Crippen LogP contribution in [0.15, 0.2) is 156 Å². The van der Waals surface area contributed by atoms with E-state index in [9.17, 15) is 0 Å². The van der Waals surface area contributed by atoms with Gasteiger partial charge in [-0.25, -0.2) is 9.97 Å². The van der Waals surface area contributed by atoms with Gasteiger partial charge < -0.3 is 4.74 Å². The molecule has 0 saturated heterocycles. The monoisotopic (exact) mass is 756 g/mol. The average Bonchev–Trinajstić information content (AvgIpc) is 3.67. The van der Waals surface area contributed by atoms with Crippen molar-refractivity contribution in [1.82, 2.24) is 15.0 Å². The summed E-state index contributed by atoms with van der Waals surface area (Å²) in [6.07, 6.45) is 21.4. The summed E-state index contributed by atoms with van der Waals surface area (Å²) in [6.45, 7) is 0.821. The highest BCUT2D eigenvalue weighted by Crippen LogP contribution is 2.59. The van der Waals surface area contributed by atoms with Gasteiger partial charge in [0.2, 0.25) is 0 Å². The molecule has 2 atom stereocenters. The molecule has 2 aliphatic carbocycles. The van der Waals surface area contributed by atoms with Crippen molar-refractivity contribution in [3.8, 4) is 50.8 Å². The number of benzene rings is 4. The maximum atomic E-state index is 7.15. The van der Waals surface area contributed by atoms with Crippen LogP contribution < -0.4 is 4.74 Å². The summed E-state index contributed by atoms with van der Waals surface area (Å²) < 4.78 is 8.45. The number of nitrogens with zero attached hydrogens (tertiary/aromatic N) is 4. The summed E-state index contributed by atoms with van der Waals surface area (Å²) in [6, 6.07) is 39.1. The number of pyridine rings is 1. The first-order valence-corrected chi connectivity index (χ1v) is 21.0. The van der Waals surface area contributed by atoms with Gasteiger partial charge in [-0.15, -0.1) is 11.3 Å². The SMILES string of the molecule is C1=Cc2c(sc3cc(-c4cc(-c5ccccc5-c5cccc6c5OC5=CCCC=C5C6(c5ccncc5)C5CC=NCC5)nc(-c5ccccc5)n4)ccc23)CC1. The van der Waals surface area contributed by atoms with E-state index in [1.54, 1.807) is 0 Å². The molecule has 276 valence electrons. The number of hydrogen-bond acceptors (Lipinski definition) is 6. The molecule has 2 unspecified atom stereocenters. The van der Waals surface area contributed by atoms with Crippen LogP contribution in [-0.2, 0) is 11.8 Å². The second-order valence-corrected chi connectivity index (χ2v) is 16.5. The summed E-state index contributed by atoms with van der Waals surface area (Å²) in [7, 11) is 0. The van der Waals surface area contributed by atoms with E-state index in [0.29, 0.717) is 11.7 Å². The van der Waals surface area contributed by atoms with Crippen LogP contribution >= 0.6 is 11.3 Å². The van der Waals surface area contributed by atoms with Gasteiger partial charge in [0.15, 0.2) is 5.82 Å². The number of rotatable bonds is 6. The first kappa shape index (κ1) is 34.0. The van der Waals surface area contributed by atoms with Crippen LogP contribution in [0.3, 0.4) is 0 Å². The van der Waals surface area contributed by atoms with Crippen LogP contribution in [0.25, 0.3) is 61.2 Å². The first-order chi connectivity index (χ1) is 28.3. The lowest BCUT2D eigenvalue weighted by Crippen LogP contribution is -2.44. The topological polar surface area (TPSA) is 60.3 Å². The molecule has 0 saturated carbocycles. The van der Waals surface area contributed by atoms with Crippen molar-refractivity contribution in [2.75, 3.05) is 6.54 Å². The van der Waals surface area contributed by atoms with Crippen molar-refractivity contribution >= 4 is 33.7 Å². The van der Waals surface area contributed by atoms with Crippen LogP contribution in [0, 0.1) is 5.92 Å². The molecule has 57 heavy (non-hydrogen) atoms. The Morgan fingerprint density at radius 3 is 2.42 bits per heavy atom. The van der Waals surface area contributed by atoms with E-state index in [1.165, 1.54) is 37.2 Å². The Balaban J connectivity index is 1.12. The number of fused-ring (bicyclic) bond motifs is 5. The van der Waals surface area contributed by atoms with E-state index in [1.807, 2.05) is 29.8 Å². The van der Waals surface area contributed by atoms with Crippen LogP contribution in [0.2, 0.25) is 0 Å². The second kappa shape index (κ2) is 14.1. The predicted molar refractivity (Wildman–Crippen MR) is 234 cm³/mol. The Morgan fingerprint density at radius 2 is 1.54 bits per heavy atom. The van der Waals surface area contributed by atoms with Gasteiger partial charge in [-0.05, 0) is 103 Å². The molecule has 0 bridgehead atoms. The molecule has 11 rings (SSSR count). The van der Waals surface area contributed by atoms with Gasteiger partial charge in [0.05, 0.1) is 16.8 Å². The molecular weight excluding hydrogens is 717 g/mol. The van der Waals surface area contributed by atoms with Gasteiger partial charge in [-0.1, -0.05) is 103 Å². The van der Waals surface area contributed by atoms with Gasteiger partial charge in [-0.3, -0.25) is 9.98 Å². The minimum absolute atomic E-state index is 0.304. The Hall–Kier alpha value is -6.24. The van der Waals surface area contributed by atoms with E-state index in [0.717, 1.165) is 95.8 Å². The van der Waals surface area contributed by atoms with Crippen molar-refractivity contribution in [2.45, 2.75) is 43.9 Å². The smallest absolute Gasteiger partial charge is 0.160 e. The summed E-state index contributed by atoms with van der Waals surface area (Å²) in [5.41, 5.74) is 11.7. The van der Waals surface area contributed by atoms with Gasteiger partial charge in [0.25, 0.3) is 0 Å². The maximum Gasteiger partial charge on any atom is 0.160 e. The molecule has 7 aromatic rings. The molecule has 0 spiro atoms. The molecular formula is C51H40N4OS. The number of aryl methyl sites for hydroxylation is 1. The molecule has 0 radical (unpaired) electrons. The van der Waals surface area contributed by atoms with Crippen molar-refractivity contribution < 1.29 is 4.74 Å². The normalized spacial score (nSPS) is 19.5. The lowest BCUT2D eigenvalue weighted by Gasteiger charge is -2.49. The second-order valence-electron chi connectivity index (χ2n) is 15.4. The predicted octanol–water partition coefficient (Wildman–Crippen LogP) is 12.5. The standard InChI is InChI=1S/C51H40N4OS/c1-2-11-33(12-3-1)50-54-44(34-21-22-40-39-15-6-9-20-47(39)57-48(40)31-34)32-45(55-50)38-14-5-4-13-37(38)41-16-10-18-43-49(41)56-46-19-8-7-17-42(46)51(43,35-23-27-52-28-24-35)36-25-29-53-30-26-36/h1-6,10-19,21-24,27-29,31-32,36H,7-9,20,25-26,30H2. The molecule has 6 heteroatoms. The highest BCUT2D eigenvalue weighted by Gasteiger charge is 2.51.